The normalized spacial score (nSPS) is 14.0. The van der Waals surface area contributed by atoms with Gasteiger partial charge in [-0.05, 0) is 48.1 Å². The second-order valence-corrected chi connectivity index (χ2v) is 8.50. The molecule has 1 fully saturated rings. The summed E-state index contributed by atoms with van der Waals surface area (Å²) in [5, 5.41) is 19.8. The van der Waals surface area contributed by atoms with E-state index in [9.17, 15) is 4.79 Å². The average molecular weight is 462 g/mol. The zero-order chi connectivity index (χ0) is 24.2. The smallest absolute Gasteiger partial charge is 0.321 e. The number of nitrogens with zero attached hydrogens (tertiary/aromatic N) is 6. The van der Waals surface area contributed by atoms with Crippen molar-refractivity contribution in [1.29, 1.82) is 5.26 Å². The molecule has 9 nitrogen and oxygen atoms in total. The Bertz CT molecular complexity index is 1390. The van der Waals surface area contributed by atoms with Gasteiger partial charge in [0.2, 0.25) is 0 Å². The van der Waals surface area contributed by atoms with Crippen molar-refractivity contribution in [2.45, 2.75) is 25.3 Å². The first-order chi connectivity index (χ1) is 17.1. The fourth-order valence-corrected chi connectivity index (χ4v) is 4.28. The van der Waals surface area contributed by atoms with E-state index in [2.05, 4.69) is 26.8 Å². The van der Waals surface area contributed by atoms with Gasteiger partial charge in [-0.15, -0.1) is 0 Å². The molecule has 0 atom stereocenters. The average Bonchev–Trinajstić information content (AvgIpc) is 3.28. The molecule has 1 aromatic carbocycles. The number of anilines is 2. The van der Waals surface area contributed by atoms with E-state index >= 15 is 0 Å². The number of aromatic nitrogens is 4. The number of piperidine rings is 1. The molecule has 2 amide bonds. The van der Waals surface area contributed by atoms with Gasteiger partial charge in [-0.1, -0.05) is 12.1 Å². The number of pyridine rings is 1. The fourth-order valence-electron chi connectivity index (χ4n) is 4.28. The number of rotatable bonds is 5. The predicted molar refractivity (Wildman–Crippen MR) is 134 cm³/mol. The summed E-state index contributed by atoms with van der Waals surface area (Å²) in [6, 6.07) is 14.8. The van der Waals surface area contributed by atoms with Crippen molar-refractivity contribution in [3.05, 3.63) is 77.9 Å². The molecule has 0 bridgehead atoms. The Morgan fingerprint density at radius 1 is 1.17 bits per heavy atom. The zero-order valence-electron chi connectivity index (χ0n) is 19.1. The van der Waals surface area contributed by atoms with E-state index in [1.807, 2.05) is 24.4 Å². The predicted octanol–water partition coefficient (Wildman–Crippen LogP) is 2.81. The van der Waals surface area contributed by atoms with Gasteiger partial charge in [-0.2, -0.15) is 14.9 Å². The maximum absolute atomic E-state index is 12.7. The van der Waals surface area contributed by atoms with Gasteiger partial charge in [-0.3, -0.25) is 4.98 Å². The van der Waals surface area contributed by atoms with Crippen LogP contribution in [0, 0.1) is 11.3 Å². The van der Waals surface area contributed by atoms with Crippen LogP contribution in [0.4, 0.5) is 16.3 Å². The first-order valence-corrected chi connectivity index (χ1v) is 11.4. The fraction of sp³-hybridized carbons (Fsp3) is 0.240. The van der Waals surface area contributed by atoms with Crippen molar-refractivity contribution in [3.63, 3.8) is 0 Å². The summed E-state index contributed by atoms with van der Waals surface area (Å²) in [6.07, 6.45) is 6.74. The Kier molecular flexibility index (Phi) is 6.31. The minimum Gasteiger partial charge on any atom is -0.366 e. The molecule has 0 unspecified atom stereocenters. The van der Waals surface area contributed by atoms with Crippen LogP contribution in [-0.2, 0) is 6.54 Å². The van der Waals surface area contributed by atoms with Gasteiger partial charge in [0, 0.05) is 61.6 Å². The third-order valence-corrected chi connectivity index (χ3v) is 6.16. The Labute approximate surface area is 204 Å². The minimum atomic E-state index is -0.166. The Hall–Kier alpha value is -4.39. The molecule has 1 aliphatic heterocycles. The van der Waals surface area contributed by atoms with Crippen LogP contribution < -0.4 is 16.1 Å². The Morgan fingerprint density at radius 2 is 2.03 bits per heavy atom. The van der Waals surface area contributed by atoms with Crippen LogP contribution in [-0.4, -0.2) is 51.4 Å². The molecule has 4 heterocycles. The van der Waals surface area contributed by atoms with Gasteiger partial charge in [0.1, 0.15) is 19.3 Å². The molecule has 1 saturated heterocycles. The lowest BCUT2D eigenvalue weighted by molar-refractivity contribution is 0.194. The lowest BCUT2D eigenvalue weighted by Gasteiger charge is -2.32. The summed E-state index contributed by atoms with van der Waals surface area (Å²) in [4.78, 5) is 23.5. The first kappa shape index (κ1) is 22.4. The molecule has 0 aliphatic carbocycles. The van der Waals surface area contributed by atoms with E-state index in [1.165, 1.54) is 0 Å². The van der Waals surface area contributed by atoms with Crippen molar-refractivity contribution in [1.82, 2.24) is 24.5 Å². The quantitative estimate of drug-likeness (QED) is 0.442. The monoisotopic (exact) mass is 462 g/mol. The number of likely N-dealkylation sites (tertiary alicyclic amines) is 1. The molecule has 4 aromatic rings. The number of nitriles is 1. The summed E-state index contributed by atoms with van der Waals surface area (Å²) in [7, 11) is 6.14. The number of fused-ring (bicyclic) bond motifs is 1. The van der Waals surface area contributed by atoms with E-state index in [0.29, 0.717) is 42.0 Å². The zero-order valence-corrected chi connectivity index (χ0v) is 19.1. The molecule has 1 aliphatic rings. The number of amides is 2. The maximum atomic E-state index is 12.7. The van der Waals surface area contributed by atoms with Gasteiger partial charge in [0.05, 0.1) is 11.6 Å². The van der Waals surface area contributed by atoms with Crippen LogP contribution in [0.25, 0.3) is 5.65 Å². The standard InChI is InChI=1S/C25H23BN8O/c26-21-16-30-34-23(29-15-18-4-2-8-28-14-18)12-22(32-24(21)34)19-6-9-33(10-7-19)25(35)31-20-5-1-3-17(11-20)13-27/h1-5,8,11-12,14,16,19,29H,6-7,9-10,15H2,(H,31,35). The third-order valence-electron chi connectivity index (χ3n) is 6.16. The molecule has 5 rings (SSSR count). The maximum Gasteiger partial charge on any atom is 0.321 e. The van der Waals surface area contributed by atoms with Crippen LogP contribution in [0.15, 0.2) is 61.1 Å². The van der Waals surface area contributed by atoms with Crippen LogP contribution in [0.3, 0.4) is 0 Å². The summed E-state index contributed by atoms with van der Waals surface area (Å²) >= 11 is 0. The van der Waals surface area contributed by atoms with E-state index in [4.69, 9.17) is 18.1 Å². The number of urea groups is 1. The second kappa shape index (κ2) is 9.85. The van der Waals surface area contributed by atoms with Crippen LogP contribution >= 0.6 is 0 Å². The number of nitrogens with one attached hydrogen (secondary N) is 2. The highest BCUT2D eigenvalue weighted by Gasteiger charge is 2.26. The molecule has 10 heteroatoms. The summed E-state index contributed by atoms with van der Waals surface area (Å²) in [6.45, 7) is 1.81. The van der Waals surface area contributed by atoms with Gasteiger partial charge in [0.15, 0.2) is 0 Å². The molecule has 0 spiro atoms. The SMILES string of the molecule is [B]c1cnn2c(NCc3cccnc3)cc(C3CCN(C(=O)Nc4cccc(C#N)c4)CC3)nc12. The Morgan fingerprint density at radius 3 is 2.80 bits per heavy atom. The van der Waals surface area contributed by atoms with Crippen molar-refractivity contribution < 1.29 is 4.79 Å². The molecular weight excluding hydrogens is 439 g/mol. The van der Waals surface area contributed by atoms with Crippen molar-refractivity contribution in [2.24, 2.45) is 0 Å². The van der Waals surface area contributed by atoms with Crippen molar-refractivity contribution in [2.75, 3.05) is 23.7 Å². The van der Waals surface area contributed by atoms with Crippen LogP contribution in [0.2, 0.25) is 0 Å². The molecule has 2 N–H and O–H groups in total. The van der Waals surface area contributed by atoms with Gasteiger partial charge in [0.25, 0.3) is 0 Å². The number of carbonyl (C=O) groups excluding carboxylic acids is 1. The van der Waals surface area contributed by atoms with E-state index < -0.39 is 0 Å². The lowest BCUT2D eigenvalue weighted by Crippen LogP contribution is -2.40. The minimum absolute atomic E-state index is 0.166. The number of carbonyl (C=O) groups is 1. The summed E-state index contributed by atoms with van der Waals surface area (Å²) < 4.78 is 1.72. The van der Waals surface area contributed by atoms with Gasteiger partial charge >= 0.3 is 6.03 Å². The van der Waals surface area contributed by atoms with Crippen LogP contribution in [0.5, 0.6) is 0 Å². The highest BCUT2D eigenvalue weighted by Crippen LogP contribution is 2.29. The molecule has 3 aromatic heterocycles. The van der Waals surface area contributed by atoms with Gasteiger partial charge < -0.3 is 15.5 Å². The van der Waals surface area contributed by atoms with Crippen LogP contribution in [0.1, 0.15) is 35.6 Å². The highest BCUT2D eigenvalue weighted by molar-refractivity contribution is 6.36. The topological polar surface area (TPSA) is 111 Å². The molecular formula is C25H23BN8O. The molecule has 172 valence electrons. The summed E-state index contributed by atoms with van der Waals surface area (Å²) in [5.41, 5.74) is 4.25. The number of hydrogen-bond acceptors (Lipinski definition) is 6. The second-order valence-electron chi connectivity index (χ2n) is 8.50. The van der Waals surface area contributed by atoms with E-state index in [0.717, 1.165) is 29.9 Å². The van der Waals surface area contributed by atoms with Crippen molar-refractivity contribution >= 4 is 36.5 Å². The van der Waals surface area contributed by atoms with Crippen molar-refractivity contribution in [3.8, 4) is 6.07 Å². The Balaban J connectivity index is 1.28. The van der Waals surface area contributed by atoms with Gasteiger partial charge in [-0.25, -0.2) is 9.78 Å². The summed E-state index contributed by atoms with van der Waals surface area (Å²) in [5.74, 6) is 1.00. The largest absolute Gasteiger partial charge is 0.366 e. The molecule has 0 saturated carbocycles. The number of hydrogen-bond donors (Lipinski definition) is 2. The highest BCUT2D eigenvalue weighted by atomic mass is 16.2. The number of benzene rings is 1. The lowest BCUT2D eigenvalue weighted by atomic mass is 9.93. The van der Waals surface area contributed by atoms with E-state index in [-0.39, 0.29) is 11.9 Å². The molecule has 2 radical (unpaired) electrons. The third kappa shape index (κ3) is 4.94. The molecule has 35 heavy (non-hydrogen) atoms. The van der Waals surface area contributed by atoms with E-state index in [1.54, 1.807) is 46.1 Å². The first-order valence-electron chi connectivity index (χ1n) is 11.4.